The minimum Gasteiger partial charge on any atom is -0.396 e. The van der Waals surface area contributed by atoms with Crippen LogP contribution in [0.4, 0.5) is 0 Å². The Bertz CT molecular complexity index is 575. The zero-order valence-corrected chi connectivity index (χ0v) is 13.0. The summed E-state index contributed by atoms with van der Waals surface area (Å²) in [5.74, 6) is 0.157. The molecule has 1 aromatic carbocycles. The van der Waals surface area contributed by atoms with Crippen molar-refractivity contribution in [2.75, 3.05) is 6.61 Å². The monoisotopic (exact) mass is 292 g/mol. The summed E-state index contributed by atoms with van der Waals surface area (Å²) in [6, 6.07) is 8.44. The average molecular weight is 293 g/mol. The van der Waals surface area contributed by atoms with E-state index in [2.05, 4.69) is 36.3 Å². The van der Waals surface area contributed by atoms with Crippen LogP contribution < -0.4 is 0 Å². The summed E-state index contributed by atoms with van der Waals surface area (Å²) in [4.78, 5) is 0. The van der Waals surface area contributed by atoms with E-state index in [0.29, 0.717) is 0 Å². The molecule has 108 valence electrons. The highest BCUT2D eigenvalue weighted by Gasteiger charge is 2.17. The summed E-state index contributed by atoms with van der Waals surface area (Å²) in [5, 5.41) is 14.7. The molecule has 20 heavy (non-hydrogen) atoms. The molecule has 1 N–H and O–H groups in total. The number of hydrogen-bond donors (Lipinski definition) is 1. The van der Waals surface area contributed by atoms with Gasteiger partial charge in [-0.15, -0.1) is 0 Å². The molecule has 0 radical (unpaired) electrons. The Morgan fingerprint density at radius 3 is 2.35 bits per heavy atom. The summed E-state index contributed by atoms with van der Waals surface area (Å²) in [5.41, 5.74) is 4.33. The zero-order valence-electron chi connectivity index (χ0n) is 12.2. The first-order valence-electron chi connectivity index (χ1n) is 6.85. The van der Waals surface area contributed by atoms with Gasteiger partial charge in [-0.25, -0.2) is 0 Å². The molecule has 0 aliphatic rings. The maximum Gasteiger partial charge on any atom is 0.0847 e. The van der Waals surface area contributed by atoms with E-state index in [9.17, 15) is 5.11 Å². The summed E-state index contributed by atoms with van der Waals surface area (Å²) >= 11 is 6.27. The van der Waals surface area contributed by atoms with E-state index < -0.39 is 0 Å². The quantitative estimate of drug-likeness (QED) is 0.920. The molecule has 0 saturated heterocycles. The van der Waals surface area contributed by atoms with Crippen molar-refractivity contribution >= 4 is 11.6 Å². The van der Waals surface area contributed by atoms with Crippen LogP contribution in [0.1, 0.15) is 22.5 Å². The molecule has 4 heteroatoms. The Morgan fingerprint density at radius 1 is 1.20 bits per heavy atom. The molecular weight excluding hydrogens is 272 g/mol. The number of aryl methyl sites for hydroxylation is 3. The molecule has 0 fully saturated rings. The minimum absolute atomic E-state index is 0.147. The highest BCUT2D eigenvalue weighted by molar-refractivity contribution is 6.31. The third kappa shape index (κ3) is 3.41. The predicted molar refractivity (Wildman–Crippen MR) is 82.1 cm³/mol. The Balaban J connectivity index is 2.11. The summed E-state index contributed by atoms with van der Waals surface area (Å²) < 4.78 is 1.81. The summed E-state index contributed by atoms with van der Waals surface area (Å²) in [6.45, 7) is 4.12. The van der Waals surface area contributed by atoms with Gasteiger partial charge in [-0.1, -0.05) is 41.4 Å². The van der Waals surface area contributed by atoms with E-state index in [0.717, 1.165) is 29.3 Å². The molecule has 0 amide bonds. The number of nitrogens with zero attached hydrogens (tertiary/aromatic N) is 2. The first kappa shape index (κ1) is 15.1. The maximum atomic E-state index is 9.62. The lowest BCUT2D eigenvalue weighted by Gasteiger charge is -2.15. The standard InChI is InChI=1S/C16H21ClN2O/c1-11-4-6-13(7-5-11)8-14(10-20)9-15-16(17)12(2)18-19(15)3/h4-7,14,20H,8-10H2,1-3H3. The second-order valence-electron chi connectivity index (χ2n) is 5.41. The SMILES string of the molecule is Cc1ccc(CC(CO)Cc2c(Cl)c(C)nn2C)cc1. The molecule has 2 rings (SSSR count). The van der Waals surface area contributed by atoms with Gasteiger partial charge in [0.15, 0.2) is 0 Å². The first-order valence-corrected chi connectivity index (χ1v) is 7.23. The van der Waals surface area contributed by atoms with Gasteiger partial charge in [-0.05, 0) is 38.2 Å². The molecule has 3 nitrogen and oxygen atoms in total. The lowest BCUT2D eigenvalue weighted by atomic mass is 9.95. The second kappa shape index (κ2) is 6.42. The van der Waals surface area contributed by atoms with Crippen LogP contribution in [-0.4, -0.2) is 21.5 Å². The molecule has 1 atom stereocenters. The molecule has 0 spiro atoms. The average Bonchev–Trinajstić information content (AvgIpc) is 2.66. The van der Waals surface area contributed by atoms with Gasteiger partial charge in [0.2, 0.25) is 0 Å². The van der Waals surface area contributed by atoms with Crippen LogP contribution in [0.3, 0.4) is 0 Å². The van der Waals surface area contributed by atoms with Crippen LogP contribution in [0, 0.1) is 19.8 Å². The molecule has 0 bridgehead atoms. The Labute approximate surface area is 125 Å². The maximum absolute atomic E-state index is 9.62. The number of halogens is 1. The van der Waals surface area contributed by atoms with E-state index in [1.54, 1.807) is 0 Å². The predicted octanol–water partition coefficient (Wildman–Crippen LogP) is 3.08. The van der Waals surface area contributed by atoms with Crippen LogP contribution >= 0.6 is 11.6 Å². The van der Waals surface area contributed by atoms with Crippen molar-refractivity contribution in [3.05, 3.63) is 51.8 Å². The van der Waals surface area contributed by atoms with Crippen molar-refractivity contribution < 1.29 is 5.11 Å². The molecule has 2 aromatic rings. The molecule has 1 heterocycles. The lowest BCUT2D eigenvalue weighted by molar-refractivity contribution is 0.223. The first-order chi connectivity index (χ1) is 9.51. The van der Waals surface area contributed by atoms with E-state index in [4.69, 9.17) is 11.6 Å². The summed E-state index contributed by atoms with van der Waals surface area (Å²) in [6.07, 6.45) is 1.58. The van der Waals surface area contributed by atoms with Crippen molar-refractivity contribution in [2.24, 2.45) is 13.0 Å². The van der Waals surface area contributed by atoms with Gasteiger partial charge in [0.25, 0.3) is 0 Å². The third-order valence-corrected chi connectivity index (χ3v) is 4.14. The number of hydrogen-bond acceptors (Lipinski definition) is 2. The van der Waals surface area contributed by atoms with Crippen molar-refractivity contribution in [1.29, 1.82) is 0 Å². The highest BCUT2D eigenvalue weighted by Crippen LogP contribution is 2.23. The van der Waals surface area contributed by atoms with Crippen LogP contribution in [0.15, 0.2) is 24.3 Å². The third-order valence-electron chi connectivity index (χ3n) is 3.65. The largest absolute Gasteiger partial charge is 0.396 e. The van der Waals surface area contributed by atoms with Gasteiger partial charge in [0, 0.05) is 13.7 Å². The number of aliphatic hydroxyl groups excluding tert-OH is 1. The zero-order chi connectivity index (χ0) is 14.7. The molecule has 0 aliphatic heterocycles. The Morgan fingerprint density at radius 2 is 1.85 bits per heavy atom. The van der Waals surface area contributed by atoms with Gasteiger partial charge >= 0.3 is 0 Å². The number of rotatable bonds is 5. The molecule has 0 saturated carbocycles. The Kier molecular flexibility index (Phi) is 4.84. The van der Waals surface area contributed by atoms with E-state index in [1.807, 2.05) is 18.7 Å². The second-order valence-corrected chi connectivity index (χ2v) is 5.79. The summed E-state index contributed by atoms with van der Waals surface area (Å²) in [7, 11) is 1.90. The van der Waals surface area contributed by atoms with E-state index in [1.165, 1.54) is 11.1 Å². The van der Waals surface area contributed by atoms with E-state index >= 15 is 0 Å². The highest BCUT2D eigenvalue weighted by atomic mass is 35.5. The van der Waals surface area contributed by atoms with Crippen LogP contribution in [0.25, 0.3) is 0 Å². The van der Waals surface area contributed by atoms with Crippen LogP contribution in [-0.2, 0) is 19.9 Å². The fraction of sp³-hybridized carbons (Fsp3) is 0.438. The normalized spacial score (nSPS) is 12.7. The fourth-order valence-electron chi connectivity index (χ4n) is 2.43. The molecule has 1 unspecified atom stereocenters. The van der Waals surface area contributed by atoms with Crippen molar-refractivity contribution in [2.45, 2.75) is 26.7 Å². The number of benzene rings is 1. The van der Waals surface area contributed by atoms with Gasteiger partial charge < -0.3 is 5.11 Å². The van der Waals surface area contributed by atoms with Crippen LogP contribution in [0.5, 0.6) is 0 Å². The minimum atomic E-state index is 0.147. The van der Waals surface area contributed by atoms with Gasteiger partial charge in [0.05, 0.1) is 16.4 Å². The number of aliphatic hydroxyl groups is 1. The van der Waals surface area contributed by atoms with Gasteiger partial charge in [-0.2, -0.15) is 5.10 Å². The smallest absolute Gasteiger partial charge is 0.0847 e. The van der Waals surface area contributed by atoms with Crippen molar-refractivity contribution in [3.8, 4) is 0 Å². The topological polar surface area (TPSA) is 38.1 Å². The molecule has 1 aromatic heterocycles. The van der Waals surface area contributed by atoms with Gasteiger partial charge in [-0.3, -0.25) is 4.68 Å². The van der Waals surface area contributed by atoms with Crippen molar-refractivity contribution in [3.63, 3.8) is 0 Å². The van der Waals surface area contributed by atoms with Crippen molar-refractivity contribution in [1.82, 2.24) is 9.78 Å². The van der Waals surface area contributed by atoms with Gasteiger partial charge in [0.1, 0.15) is 0 Å². The molecular formula is C16H21ClN2O. The fourth-order valence-corrected chi connectivity index (χ4v) is 2.67. The van der Waals surface area contributed by atoms with Crippen LogP contribution in [0.2, 0.25) is 5.02 Å². The number of aromatic nitrogens is 2. The Hall–Kier alpha value is -1.32. The molecule has 0 aliphatic carbocycles. The lowest BCUT2D eigenvalue weighted by Crippen LogP contribution is -2.15. The van der Waals surface area contributed by atoms with E-state index in [-0.39, 0.29) is 12.5 Å².